The Morgan fingerprint density at radius 2 is 1.85 bits per heavy atom. The van der Waals surface area contributed by atoms with E-state index in [0.29, 0.717) is 25.7 Å². The Bertz CT molecular complexity index is 498. The van der Waals surface area contributed by atoms with Gasteiger partial charge in [0.25, 0.3) is 0 Å². The fourth-order valence-electron chi connectivity index (χ4n) is 2.37. The molecule has 150 valence electrons. The zero-order valence-corrected chi connectivity index (χ0v) is 19.0. The molecule has 0 bridgehead atoms. The molecule has 0 radical (unpaired) electrons. The quantitative estimate of drug-likeness (QED) is 0.209. The van der Waals surface area contributed by atoms with Crippen molar-refractivity contribution in [1.82, 2.24) is 10.6 Å². The second kappa shape index (κ2) is 16.3. The number of guanidine groups is 1. The zero-order valence-electron chi connectivity index (χ0n) is 16.7. The van der Waals surface area contributed by atoms with Crippen LogP contribution in [-0.4, -0.2) is 52.5 Å². The zero-order chi connectivity index (χ0) is 18.3. The van der Waals surface area contributed by atoms with E-state index in [-0.39, 0.29) is 24.0 Å². The van der Waals surface area contributed by atoms with Crippen molar-refractivity contribution in [3.05, 3.63) is 35.4 Å². The number of benzene rings is 1. The van der Waals surface area contributed by atoms with E-state index in [0.717, 1.165) is 32.1 Å². The van der Waals surface area contributed by atoms with E-state index in [4.69, 9.17) is 9.47 Å². The van der Waals surface area contributed by atoms with E-state index < -0.39 is 0 Å². The predicted molar refractivity (Wildman–Crippen MR) is 121 cm³/mol. The molecule has 0 saturated carbocycles. The van der Waals surface area contributed by atoms with Crippen molar-refractivity contribution in [3.63, 3.8) is 0 Å². The molecule has 2 N–H and O–H groups in total. The van der Waals surface area contributed by atoms with Crippen molar-refractivity contribution in [2.24, 2.45) is 4.99 Å². The van der Waals surface area contributed by atoms with Crippen LogP contribution in [0.15, 0.2) is 29.3 Å². The average molecular weight is 477 g/mol. The lowest BCUT2D eigenvalue weighted by Crippen LogP contribution is -2.40. The van der Waals surface area contributed by atoms with Gasteiger partial charge in [0.15, 0.2) is 5.96 Å². The maximum Gasteiger partial charge on any atom is 0.191 e. The fraction of sp³-hybridized carbons (Fsp3) is 0.650. The highest BCUT2D eigenvalue weighted by Gasteiger charge is 2.06. The number of nitrogens with zero attached hydrogens (tertiary/aromatic N) is 1. The first-order valence-electron chi connectivity index (χ1n) is 9.34. The molecule has 0 aromatic heterocycles. The molecule has 0 saturated heterocycles. The van der Waals surface area contributed by atoms with Gasteiger partial charge in [-0.05, 0) is 24.8 Å². The number of hydrogen-bond acceptors (Lipinski definition) is 3. The van der Waals surface area contributed by atoms with Gasteiger partial charge in [-0.15, -0.1) is 24.0 Å². The number of unbranched alkanes of at least 4 members (excludes halogenated alkanes) is 1. The summed E-state index contributed by atoms with van der Waals surface area (Å²) in [5.41, 5.74) is 2.64. The summed E-state index contributed by atoms with van der Waals surface area (Å²) >= 11 is 0. The fourth-order valence-corrected chi connectivity index (χ4v) is 2.37. The minimum atomic E-state index is 0. The summed E-state index contributed by atoms with van der Waals surface area (Å²) in [6.07, 6.45) is 2.28. The number of halogens is 1. The van der Waals surface area contributed by atoms with Crippen molar-refractivity contribution in [2.75, 3.05) is 46.6 Å². The second-order valence-corrected chi connectivity index (χ2v) is 6.27. The van der Waals surface area contributed by atoms with E-state index in [1.807, 2.05) is 0 Å². The standard InChI is InChI=1S/C20H35N3O2.HI/c1-5-6-11-24-13-14-25-12-10-22-20(21-4)23-16-18(3)19-9-7-8-17(2)15-19;/h7-9,15,18H,5-6,10-14,16H2,1-4H3,(H2,21,22,23);1H. The average Bonchev–Trinajstić information content (AvgIpc) is 2.62. The monoisotopic (exact) mass is 477 g/mol. The van der Waals surface area contributed by atoms with Gasteiger partial charge in [-0.25, -0.2) is 0 Å². The lowest BCUT2D eigenvalue weighted by atomic mass is 9.99. The first-order chi connectivity index (χ1) is 12.2. The molecule has 0 aliphatic carbocycles. The maximum atomic E-state index is 5.55. The van der Waals surface area contributed by atoms with Crippen LogP contribution in [0, 0.1) is 6.92 Å². The van der Waals surface area contributed by atoms with Gasteiger partial charge in [-0.1, -0.05) is 50.1 Å². The number of aliphatic imine (C=N–C) groups is 1. The first-order valence-corrected chi connectivity index (χ1v) is 9.34. The predicted octanol–water partition coefficient (Wildman–Crippen LogP) is 3.71. The molecule has 0 aliphatic rings. The van der Waals surface area contributed by atoms with Gasteiger partial charge in [0.1, 0.15) is 0 Å². The van der Waals surface area contributed by atoms with Crippen molar-refractivity contribution in [2.45, 2.75) is 39.5 Å². The maximum absolute atomic E-state index is 5.55. The van der Waals surface area contributed by atoms with Crippen molar-refractivity contribution in [3.8, 4) is 0 Å². The number of nitrogens with one attached hydrogen (secondary N) is 2. The number of rotatable bonds is 12. The molecule has 26 heavy (non-hydrogen) atoms. The van der Waals surface area contributed by atoms with E-state index in [2.05, 4.69) is 60.7 Å². The third-order valence-electron chi connectivity index (χ3n) is 3.96. The van der Waals surface area contributed by atoms with Crippen molar-refractivity contribution < 1.29 is 9.47 Å². The Hall–Kier alpha value is -0.860. The van der Waals surface area contributed by atoms with Gasteiger partial charge >= 0.3 is 0 Å². The van der Waals surface area contributed by atoms with Gasteiger partial charge < -0.3 is 20.1 Å². The van der Waals surface area contributed by atoms with Crippen molar-refractivity contribution in [1.29, 1.82) is 0 Å². The normalized spacial score (nSPS) is 12.4. The molecule has 1 unspecified atom stereocenters. The van der Waals surface area contributed by atoms with Crippen LogP contribution < -0.4 is 10.6 Å². The van der Waals surface area contributed by atoms with Crippen LogP contribution in [0.1, 0.15) is 43.7 Å². The number of hydrogen-bond donors (Lipinski definition) is 2. The summed E-state index contributed by atoms with van der Waals surface area (Å²) < 4.78 is 11.0. The summed E-state index contributed by atoms with van der Waals surface area (Å²) in [5.74, 6) is 1.23. The summed E-state index contributed by atoms with van der Waals surface area (Å²) in [6, 6.07) is 8.64. The number of ether oxygens (including phenoxy) is 2. The SMILES string of the molecule is CCCCOCCOCCNC(=NC)NCC(C)c1cccc(C)c1.I. The second-order valence-electron chi connectivity index (χ2n) is 6.27. The van der Waals surface area contributed by atoms with Gasteiger partial charge in [-0.2, -0.15) is 0 Å². The Morgan fingerprint density at radius 3 is 2.50 bits per heavy atom. The molecule has 6 heteroatoms. The number of aryl methyl sites for hydroxylation is 1. The summed E-state index contributed by atoms with van der Waals surface area (Å²) in [6.45, 7) is 10.9. The highest BCUT2D eigenvalue weighted by atomic mass is 127. The van der Waals surface area contributed by atoms with Gasteiger partial charge in [0.05, 0.1) is 19.8 Å². The summed E-state index contributed by atoms with van der Waals surface area (Å²) in [5, 5.41) is 6.64. The molecule has 0 heterocycles. The molecule has 5 nitrogen and oxygen atoms in total. The molecule has 1 rings (SSSR count). The molecule has 0 spiro atoms. The highest BCUT2D eigenvalue weighted by Crippen LogP contribution is 2.15. The Labute approximate surface area is 176 Å². The Kier molecular flexibility index (Phi) is 15.8. The molecule has 0 fully saturated rings. The van der Waals surface area contributed by atoms with E-state index >= 15 is 0 Å². The Morgan fingerprint density at radius 1 is 1.12 bits per heavy atom. The topological polar surface area (TPSA) is 54.9 Å². The van der Waals surface area contributed by atoms with Gasteiger partial charge in [-0.3, -0.25) is 4.99 Å². The third-order valence-corrected chi connectivity index (χ3v) is 3.96. The van der Waals surface area contributed by atoms with Crippen LogP contribution in [0.2, 0.25) is 0 Å². The van der Waals surface area contributed by atoms with Crippen LogP contribution in [0.3, 0.4) is 0 Å². The smallest absolute Gasteiger partial charge is 0.191 e. The van der Waals surface area contributed by atoms with Crippen LogP contribution in [-0.2, 0) is 9.47 Å². The lowest BCUT2D eigenvalue weighted by molar-refractivity contribution is 0.0487. The van der Waals surface area contributed by atoms with Crippen molar-refractivity contribution >= 4 is 29.9 Å². The molecular weight excluding hydrogens is 441 g/mol. The lowest BCUT2D eigenvalue weighted by Gasteiger charge is -2.17. The van der Waals surface area contributed by atoms with Gasteiger partial charge in [0.2, 0.25) is 0 Å². The largest absolute Gasteiger partial charge is 0.379 e. The van der Waals surface area contributed by atoms with Crippen LogP contribution in [0.4, 0.5) is 0 Å². The molecule has 1 atom stereocenters. The first kappa shape index (κ1) is 25.1. The van der Waals surface area contributed by atoms with E-state index in [1.54, 1.807) is 7.05 Å². The minimum Gasteiger partial charge on any atom is -0.379 e. The summed E-state index contributed by atoms with van der Waals surface area (Å²) in [7, 11) is 1.79. The third kappa shape index (κ3) is 11.7. The molecule has 0 amide bonds. The van der Waals surface area contributed by atoms with Crippen LogP contribution in [0.5, 0.6) is 0 Å². The van der Waals surface area contributed by atoms with Crippen LogP contribution >= 0.6 is 24.0 Å². The molecule has 0 aliphatic heterocycles. The summed E-state index contributed by atoms with van der Waals surface area (Å²) in [4.78, 5) is 4.25. The minimum absolute atomic E-state index is 0. The molecule has 1 aromatic carbocycles. The molecule has 1 aromatic rings. The van der Waals surface area contributed by atoms with E-state index in [1.165, 1.54) is 17.5 Å². The Balaban J connectivity index is 0.00000625. The van der Waals surface area contributed by atoms with Gasteiger partial charge in [0, 0.05) is 26.7 Å². The molecular formula is C20H36IN3O2. The van der Waals surface area contributed by atoms with Crippen LogP contribution in [0.25, 0.3) is 0 Å². The highest BCUT2D eigenvalue weighted by molar-refractivity contribution is 14.0. The van der Waals surface area contributed by atoms with E-state index in [9.17, 15) is 0 Å².